The molecule has 0 atom stereocenters. The summed E-state index contributed by atoms with van der Waals surface area (Å²) < 4.78 is 0. The maximum absolute atomic E-state index is 8.60. The number of aliphatic hydroxyl groups excluding tert-OH is 1. The Hall–Kier alpha value is -1.74. The summed E-state index contributed by atoms with van der Waals surface area (Å²) in [5, 5.41) is 8.60. The van der Waals surface area contributed by atoms with Crippen molar-refractivity contribution in [2.75, 3.05) is 0 Å². The Morgan fingerprint density at radius 1 is 0.889 bits per heavy atom. The highest BCUT2D eigenvalue weighted by Crippen LogP contribution is 2.02. The number of aromatic nitrogens is 2. The average Bonchev–Trinajstić information content (AvgIpc) is 2.35. The maximum atomic E-state index is 8.60. The van der Waals surface area contributed by atoms with E-state index in [1.807, 2.05) is 39.0 Å². The van der Waals surface area contributed by atoms with Gasteiger partial charge in [-0.2, -0.15) is 0 Å². The van der Waals surface area contributed by atoms with E-state index in [2.05, 4.69) is 23.0 Å². The molecule has 0 unspecified atom stereocenters. The predicted molar refractivity (Wildman–Crippen MR) is 73.3 cm³/mol. The SMILES string of the molecule is Cc1ccc(C)c(C)n1.Cc1cccc(CO)n1. The van der Waals surface area contributed by atoms with E-state index in [-0.39, 0.29) is 6.61 Å². The van der Waals surface area contributed by atoms with Crippen LogP contribution in [0.2, 0.25) is 0 Å². The van der Waals surface area contributed by atoms with Gasteiger partial charge in [0, 0.05) is 17.1 Å². The Balaban J connectivity index is 0.000000180. The Kier molecular flexibility index (Phi) is 5.46. The number of rotatable bonds is 1. The summed E-state index contributed by atoms with van der Waals surface area (Å²) in [4.78, 5) is 8.31. The number of nitrogens with zero attached hydrogens (tertiary/aromatic N) is 2. The third kappa shape index (κ3) is 4.63. The van der Waals surface area contributed by atoms with Crippen LogP contribution in [0.5, 0.6) is 0 Å². The molecule has 2 aromatic rings. The number of aliphatic hydroxyl groups is 1. The molecule has 3 heteroatoms. The smallest absolute Gasteiger partial charge is 0.0853 e. The van der Waals surface area contributed by atoms with Crippen LogP contribution in [0.1, 0.15) is 28.3 Å². The second-order valence-electron chi connectivity index (χ2n) is 4.28. The van der Waals surface area contributed by atoms with Crippen LogP contribution in [0.3, 0.4) is 0 Å². The number of pyridine rings is 2. The van der Waals surface area contributed by atoms with Gasteiger partial charge in [0.25, 0.3) is 0 Å². The monoisotopic (exact) mass is 244 g/mol. The lowest BCUT2D eigenvalue weighted by molar-refractivity contribution is 0.276. The topological polar surface area (TPSA) is 46.0 Å². The minimum atomic E-state index is 0.0294. The van der Waals surface area contributed by atoms with Gasteiger partial charge >= 0.3 is 0 Å². The Morgan fingerprint density at radius 3 is 2.00 bits per heavy atom. The van der Waals surface area contributed by atoms with Crippen LogP contribution in [0.25, 0.3) is 0 Å². The lowest BCUT2D eigenvalue weighted by Crippen LogP contribution is -1.89. The molecule has 0 aliphatic carbocycles. The highest BCUT2D eigenvalue weighted by molar-refractivity contribution is 5.19. The first-order chi connectivity index (χ1) is 8.52. The quantitative estimate of drug-likeness (QED) is 0.839. The summed E-state index contributed by atoms with van der Waals surface area (Å²) in [7, 11) is 0. The number of hydrogen-bond donors (Lipinski definition) is 1. The summed E-state index contributed by atoms with van der Waals surface area (Å²) in [6.45, 7) is 8.04. The highest BCUT2D eigenvalue weighted by Gasteiger charge is 1.90. The second kappa shape index (κ2) is 6.87. The van der Waals surface area contributed by atoms with Crippen LogP contribution in [-0.4, -0.2) is 15.1 Å². The van der Waals surface area contributed by atoms with Crippen LogP contribution in [-0.2, 0) is 6.61 Å². The lowest BCUT2D eigenvalue weighted by Gasteiger charge is -1.97. The molecule has 0 radical (unpaired) electrons. The van der Waals surface area contributed by atoms with Crippen molar-refractivity contribution in [1.29, 1.82) is 0 Å². The zero-order valence-corrected chi connectivity index (χ0v) is 11.4. The molecule has 96 valence electrons. The first kappa shape index (κ1) is 14.3. The van der Waals surface area contributed by atoms with Crippen LogP contribution in [0.4, 0.5) is 0 Å². The molecule has 18 heavy (non-hydrogen) atoms. The minimum Gasteiger partial charge on any atom is -0.390 e. The standard InChI is InChI=1S/C8H11N.C7H9NO/c1-6-4-5-7(2)9-8(6)3;1-6-3-2-4-7(5-9)8-6/h4-5H,1-3H3;2-4,9H,5H2,1H3. The summed E-state index contributed by atoms with van der Waals surface area (Å²) in [5.41, 5.74) is 5.17. The molecule has 2 rings (SSSR count). The summed E-state index contributed by atoms with van der Waals surface area (Å²) in [5.74, 6) is 0. The van der Waals surface area contributed by atoms with E-state index >= 15 is 0 Å². The maximum Gasteiger partial charge on any atom is 0.0853 e. The number of aryl methyl sites for hydroxylation is 4. The van der Waals surface area contributed by atoms with E-state index in [1.165, 1.54) is 5.56 Å². The zero-order chi connectivity index (χ0) is 13.5. The van der Waals surface area contributed by atoms with Crippen molar-refractivity contribution in [2.45, 2.75) is 34.3 Å². The van der Waals surface area contributed by atoms with Gasteiger partial charge in [-0.1, -0.05) is 12.1 Å². The van der Waals surface area contributed by atoms with E-state index in [0.717, 1.165) is 22.8 Å². The number of hydrogen-bond acceptors (Lipinski definition) is 3. The van der Waals surface area contributed by atoms with Gasteiger partial charge in [-0.15, -0.1) is 0 Å². The fourth-order valence-electron chi connectivity index (χ4n) is 1.44. The largest absolute Gasteiger partial charge is 0.390 e. The fourth-order valence-corrected chi connectivity index (χ4v) is 1.44. The summed E-state index contributed by atoms with van der Waals surface area (Å²) in [6.07, 6.45) is 0. The minimum absolute atomic E-state index is 0.0294. The van der Waals surface area contributed by atoms with Gasteiger partial charge in [-0.05, 0) is 51.5 Å². The van der Waals surface area contributed by atoms with E-state index in [4.69, 9.17) is 5.11 Å². The molecular formula is C15H20N2O. The summed E-state index contributed by atoms with van der Waals surface area (Å²) in [6, 6.07) is 9.71. The van der Waals surface area contributed by atoms with Crippen LogP contribution in [0, 0.1) is 27.7 Å². The van der Waals surface area contributed by atoms with Gasteiger partial charge in [0.2, 0.25) is 0 Å². The van der Waals surface area contributed by atoms with Gasteiger partial charge in [-0.25, -0.2) is 0 Å². The second-order valence-corrected chi connectivity index (χ2v) is 4.28. The van der Waals surface area contributed by atoms with E-state index in [9.17, 15) is 0 Å². The third-order valence-electron chi connectivity index (χ3n) is 2.60. The van der Waals surface area contributed by atoms with Gasteiger partial charge in [-0.3, -0.25) is 9.97 Å². The van der Waals surface area contributed by atoms with E-state index in [0.29, 0.717) is 0 Å². The van der Waals surface area contributed by atoms with Gasteiger partial charge in [0.15, 0.2) is 0 Å². The molecule has 0 bridgehead atoms. The van der Waals surface area contributed by atoms with Crippen LogP contribution >= 0.6 is 0 Å². The molecule has 3 nitrogen and oxygen atoms in total. The first-order valence-electron chi connectivity index (χ1n) is 5.97. The Morgan fingerprint density at radius 2 is 1.56 bits per heavy atom. The van der Waals surface area contributed by atoms with Crippen molar-refractivity contribution in [3.63, 3.8) is 0 Å². The fraction of sp³-hybridized carbons (Fsp3) is 0.333. The van der Waals surface area contributed by atoms with Gasteiger partial charge in [0.05, 0.1) is 12.3 Å². The highest BCUT2D eigenvalue weighted by atomic mass is 16.3. The molecule has 0 saturated carbocycles. The third-order valence-corrected chi connectivity index (χ3v) is 2.60. The molecule has 0 spiro atoms. The van der Waals surface area contributed by atoms with Crippen molar-refractivity contribution in [3.05, 3.63) is 58.7 Å². The van der Waals surface area contributed by atoms with Gasteiger partial charge in [0.1, 0.15) is 0 Å². The van der Waals surface area contributed by atoms with Crippen molar-refractivity contribution in [1.82, 2.24) is 9.97 Å². The Bertz CT molecular complexity index is 510. The van der Waals surface area contributed by atoms with Crippen LogP contribution in [0.15, 0.2) is 30.3 Å². The predicted octanol–water partition coefficient (Wildman–Crippen LogP) is 2.89. The molecule has 0 fully saturated rings. The van der Waals surface area contributed by atoms with E-state index in [1.54, 1.807) is 6.07 Å². The zero-order valence-electron chi connectivity index (χ0n) is 11.4. The molecule has 2 heterocycles. The van der Waals surface area contributed by atoms with E-state index < -0.39 is 0 Å². The summed E-state index contributed by atoms with van der Waals surface area (Å²) >= 11 is 0. The molecular weight excluding hydrogens is 224 g/mol. The van der Waals surface area contributed by atoms with Gasteiger partial charge < -0.3 is 5.11 Å². The molecule has 0 saturated heterocycles. The molecule has 0 aromatic carbocycles. The molecule has 1 N–H and O–H groups in total. The van der Waals surface area contributed by atoms with Crippen molar-refractivity contribution in [2.24, 2.45) is 0 Å². The van der Waals surface area contributed by atoms with Crippen LogP contribution < -0.4 is 0 Å². The van der Waals surface area contributed by atoms with Crippen molar-refractivity contribution >= 4 is 0 Å². The Labute approximate surface area is 109 Å². The van der Waals surface area contributed by atoms with Crippen molar-refractivity contribution < 1.29 is 5.11 Å². The first-order valence-corrected chi connectivity index (χ1v) is 5.97. The normalized spacial score (nSPS) is 9.61. The van der Waals surface area contributed by atoms with Crippen molar-refractivity contribution in [3.8, 4) is 0 Å². The molecule has 2 aromatic heterocycles. The molecule has 0 aliphatic heterocycles. The molecule has 0 aliphatic rings. The average molecular weight is 244 g/mol. The lowest BCUT2D eigenvalue weighted by atomic mass is 10.2. The molecule has 0 amide bonds.